The van der Waals surface area contributed by atoms with E-state index in [2.05, 4.69) is 32.0 Å². The van der Waals surface area contributed by atoms with Crippen molar-refractivity contribution in [2.75, 3.05) is 11.9 Å². The molecule has 3 aromatic heterocycles. The van der Waals surface area contributed by atoms with E-state index in [1.165, 1.54) is 29.5 Å². The lowest BCUT2D eigenvalue weighted by molar-refractivity contribution is 0.628. The first-order chi connectivity index (χ1) is 13.9. The molecular formula is C20H14BrF2N5S. The van der Waals surface area contributed by atoms with E-state index in [0.717, 1.165) is 0 Å². The minimum atomic E-state index is -0.433. The summed E-state index contributed by atoms with van der Waals surface area (Å²) in [6.45, 7) is 1.94. The Morgan fingerprint density at radius 2 is 1.97 bits per heavy atom. The summed E-state index contributed by atoms with van der Waals surface area (Å²) in [4.78, 5) is 11.3. The Kier molecular flexibility index (Phi) is 5.06. The third kappa shape index (κ3) is 3.39. The van der Waals surface area contributed by atoms with Crippen LogP contribution in [0.1, 0.15) is 17.5 Å². The predicted molar refractivity (Wildman–Crippen MR) is 113 cm³/mol. The molecule has 9 heteroatoms. The van der Waals surface area contributed by atoms with E-state index in [1.807, 2.05) is 6.92 Å². The summed E-state index contributed by atoms with van der Waals surface area (Å²) in [5.41, 5.74) is 2.07. The standard InChI is InChI=1S/C20H14BrF2N5S/c1-3-15-19(28-10-12(21)8-14(23)18(28)25-15)27(2)20-26-17(16(9-24)29-20)11-4-6-13(22)7-5-11/h4-8,10H,3H2,1-2H3. The number of nitriles is 1. The van der Waals surface area contributed by atoms with Crippen LogP contribution in [0.4, 0.5) is 19.7 Å². The molecular weight excluding hydrogens is 460 g/mol. The van der Waals surface area contributed by atoms with Gasteiger partial charge in [-0.25, -0.2) is 18.7 Å². The summed E-state index contributed by atoms with van der Waals surface area (Å²) < 4.78 is 29.9. The number of pyridine rings is 1. The van der Waals surface area contributed by atoms with Gasteiger partial charge in [-0.15, -0.1) is 0 Å². The molecule has 0 N–H and O–H groups in total. The topological polar surface area (TPSA) is 57.2 Å². The van der Waals surface area contributed by atoms with Crippen LogP contribution >= 0.6 is 27.3 Å². The van der Waals surface area contributed by atoms with Crippen LogP contribution in [0.5, 0.6) is 0 Å². The molecule has 29 heavy (non-hydrogen) atoms. The van der Waals surface area contributed by atoms with Crippen LogP contribution in [0, 0.1) is 23.0 Å². The van der Waals surface area contributed by atoms with Crippen LogP contribution in [-0.4, -0.2) is 21.4 Å². The monoisotopic (exact) mass is 473 g/mol. The summed E-state index contributed by atoms with van der Waals surface area (Å²) in [5, 5.41) is 10.1. The predicted octanol–water partition coefficient (Wildman–Crippen LogP) is 5.70. The summed E-state index contributed by atoms with van der Waals surface area (Å²) in [7, 11) is 1.80. The smallest absolute Gasteiger partial charge is 0.192 e. The molecule has 3 heterocycles. The Hall–Kier alpha value is -2.83. The molecule has 0 spiro atoms. The number of benzene rings is 1. The fraction of sp³-hybridized carbons (Fsp3) is 0.150. The number of aryl methyl sites for hydroxylation is 1. The number of halogens is 3. The van der Waals surface area contributed by atoms with E-state index in [-0.39, 0.29) is 11.5 Å². The van der Waals surface area contributed by atoms with Crippen molar-refractivity contribution < 1.29 is 8.78 Å². The highest BCUT2D eigenvalue weighted by atomic mass is 79.9. The van der Waals surface area contributed by atoms with E-state index in [9.17, 15) is 14.0 Å². The Morgan fingerprint density at radius 3 is 2.62 bits per heavy atom. The second-order valence-corrected chi connectivity index (χ2v) is 8.18. The van der Waals surface area contributed by atoms with Crippen molar-refractivity contribution in [2.45, 2.75) is 13.3 Å². The number of rotatable bonds is 4. The van der Waals surface area contributed by atoms with Crippen molar-refractivity contribution in [3.05, 3.63) is 63.2 Å². The number of hydrogen-bond acceptors (Lipinski definition) is 5. The third-order valence-electron chi connectivity index (χ3n) is 4.46. The second kappa shape index (κ2) is 7.54. The van der Waals surface area contributed by atoms with Crippen molar-refractivity contribution in [3.8, 4) is 17.3 Å². The molecule has 0 aliphatic carbocycles. The van der Waals surface area contributed by atoms with Crippen molar-refractivity contribution in [2.24, 2.45) is 0 Å². The number of fused-ring (bicyclic) bond motifs is 1. The highest BCUT2D eigenvalue weighted by molar-refractivity contribution is 9.10. The number of anilines is 2. The molecule has 0 aliphatic rings. The zero-order valence-electron chi connectivity index (χ0n) is 15.4. The second-order valence-electron chi connectivity index (χ2n) is 6.29. The highest BCUT2D eigenvalue weighted by Gasteiger charge is 2.23. The molecule has 0 bridgehead atoms. The largest absolute Gasteiger partial charge is 0.305 e. The lowest BCUT2D eigenvalue weighted by atomic mass is 10.1. The van der Waals surface area contributed by atoms with Gasteiger partial charge in [-0.1, -0.05) is 18.3 Å². The number of imidazole rings is 1. The van der Waals surface area contributed by atoms with E-state index in [0.29, 0.717) is 43.7 Å². The third-order valence-corrected chi connectivity index (χ3v) is 5.93. The summed E-state index contributed by atoms with van der Waals surface area (Å²) in [6, 6.07) is 9.38. The quantitative estimate of drug-likeness (QED) is 0.381. The van der Waals surface area contributed by atoms with Gasteiger partial charge < -0.3 is 4.90 Å². The summed E-state index contributed by atoms with van der Waals surface area (Å²) in [6.07, 6.45) is 2.34. The molecule has 4 rings (SSSR count). The van der Waals surface area contributed by atoms with Gasteiger partial charge in [0.15, 0.2) is 16.6 Å². The molecule has 0 saturated carbocycles. The van der Waals surface area contributed by atoms with Gasteiger partial charge >= 0.3 is 0 Å². The van der Waals surface area contributed by atoms with Crippen molar-refractivity contribution in [1.82, 2.24) is 14.4 Å². The van der Waals surface area contributed by atoms with Crippen LogP contribution in [-0.2, 0) is 6.42 Å². The van der Waals surface area contributed by atoms with Crippen LogP contribution in [0.2, 0.25) is 0 Å². The van der Waals surface area contributed by atoms with E-state index in [4.69, 9.17) is 0 Å². The maximum absolute atomic E-state index is 14.4. The van der Waals surface area contributed by atoms with E-state index >= 15 is 0 Å². The zero-order chi connectivity index (χ0) is 20.7. The first kappa shape index (κ1) is 19.5. The molecule has 0 amide bonds. The average molecular weight is 474 g/mol. The maximum atomic E-state index is 14.4. The van der Waals surface area contributed by atoms with Gasteiger partial charge in [-0.2, -0.15) is 5.26 Å². The van der Waals surface area contributed by atoms with Gasteiger partial charge in [0, 0.05) is 23.3 Å². The van der Waals surface area contributed by atoms with Gasteiger partial charge in [-0.3, -0.25) is 4.40 Å². The molecule has 4 aromatic rings. The minimum Gasteiger partial charge on any atom is -0.305 e. The van der Waals surface area contributed by atoms with Gasteiger partial charge in [0.1, 0.15) is 28.3 Å². The molecule has 146 valence electrons. The fourth-order valence-electron chi connectivity index (χ4n) is 3.12. The minimum absolute atomic E-state index is 0.225. The molecule has 5 nitrogen and oxygen atoms in total. The van der Waals surface area contributed by atoms with E-state index < -0.39 is 5.82 Å². The van der Waals surface area contributed by atoms with Crippen LogP contribution in [0.15, 0.2) is 41.0 Å². The number of aromatic nitrogens is 3. The van der Waals surface area contributed by atoms with Crippen molar-refractivity contribution in [3.63, 3.8) is 0 Å². The lowest BCUT2D eigenvalue weighted by Gasteiger charge is -2.17. The van der Waals surface area contributed by atoms with Crippen LogP contribution < -0.4 is 4.90 Å². The summed E-state index contributed by atoms with van der Waals surface area (Å²) >= 11 is 4.54. The molecule has 0 saturated heterocycles. The number of hydrogen-bond donors (Lipinski definition) is 0. The Bertz CT molecular complexity index is 1260. The van der Waals surface area contributed by atoms with Crippen LogP contribution in [0.3, 0.4) is 0 Å². The summed E-state index contributed by atoms with van der Waals surface area (Å²) in [5.74, 6) is -0.116. The van der Waals surface area contributed by atoms with Gasteiger partial charge in [0.25, 0.3) is 0 Å². The first-order valence-corrected chi connectivity index (χ1v) is 10.3. The van der Waals surface area contributed by atoms with Gasteiger partial charge in [0.05, 0.1) is 5.69 Å². The van der Waals surface area contributed by atoms with Crippen molar-refractivity contribution in [1.29, 1.82) is 5.26 Å². The van der Waals surface area contributed by atoms with Gasteiger partial charge in [0.2, 0.25) is 0 Å². The number of nitrogens with zero attached hydrogens (tertiary/aromatic N) is 5. The highest BCUT2D eigenvalue weighted by Crippen LogP contribution is 2.37. The SMILES string of the molecule is CCc1nc2c(F)cc(Br)cn2c1N(C)c1nc(-c2ccc(F)cc2)c(C#N)s1. The van der Waals surface area contributed by atoms with E-state index in [1.54, 1.807) is 34.7 Å². The van der Waals surface area contributed by atoms with Crippen molar-refractivity contribution >= 4 is 43.9 Å². The van der Waals surface area contributed by atoms with Crippen LogP contribution in [0.25, 0.3) is 16.9 Å². The zero-order valence-corrected chi connectivity index (χ0v) is 17.9. The molecule has 0 atom stereocenters. The molecule has 0 fully saturated rings. The average Bonchev–Trinajstić information content (AvgIpc) is 3.29. The van der Waals surface area contributed by atoms with Gasteiger partial charge in [-0.05, 0) is 52.7 Å². The molecule has 0 unspecified atom stereocenters. The molecule has 1 aromatic carbocycles. The normalized spacial score (nSPS) is 11.0. The molecule has 0 radical (unpaired) electrons. The fourth-order valence-corrected chi connectivity index (χ4v) is 4.38. The molecule has 0 aliphatic heterocycles. The Labute approximate surface area is 178 Å². The number of thiazole rings is 1. The lowest BCUT2D eigenvalue weighted by Crippen LogP contribution is -2.13. The maximum Gasteiger partial charge on any atom is 0.192 e. The Morgan fingerprint density at radius 1 is 1.24 bits per heavy atom. The first-order valence-electron chi connectivity index (χ1n) is 8.69. The Balaban J connectivity index is 1.87.